The van der Waals surface area contributed by atoms with Crippen molar-refractivity contribution >= 4 is 5.82 Å². The molecule has 3 aromatic carbocycles. The lowest BCUT2D eigenvalue weighted by molar-refractivity contribution is -0.137. The van der Waals surface area contributed by atoms with Gasteiger partial charge < -0.3 is 19.9 Å². The Hall–Kier alpha value is -3.88. The predicted molar refractivity (Wildman–Crippen MR) is 161 cm³/mol. The van der Waals surface area contributed by atoms with E-state index in [1.54, 1.807) is 0 Å². The lowest BCUT2D eigenvalue weighted by Gasteiger charge is -2.41. The number of hydrogen-bond donors (Lipinski definition) is 1. The molecule has 5 nitrogen and oxygen atoms in total. The van der Waals surface area contributed by atoms with Crippen LogP contribution in [0.1, 0.15) is 46.4 Å². The van der Waals surface area contributed by atoms with Gasteiger partial charge in [0, 0.05) is 38.7 Å². The van der Waals surface area contributed by atoms with E-state index in [2.05, 4.69) is 63.5 Å². The van der Waals surface area contributed by atoms with Crippen molar-refractivity contribution in [3.63, 3.8) is 0 Å². The molecule has 0 amide bonds. The average molecular weight is 575 g/mol. The second kappa shape index (κ2) is 13.4. The summed E-state index contributed by atoms with van der Waals surface area (Å²) in [6, 6.07) is 28.0. The largest absolute Gasteiger partial charge is 0.486 e. The minimum atomic E-state index is -4.33. The van der Waals surface area contributed by atoms with Gasteiger partial charge in [-0.15, -0.1) is 0 Å². The Balaban J connectivity index is 0.000000168. The number of fused-ring (bicyclic) bond motifs is 5. The summed E-state index contributed by atoms with van der Waals surface area (Å²) < 4.78 is 43.6. The Kier molecular flexibility index (Phi) is 9.45. The number of piperazine rings is 1. The minimum absolute atomic E-state index is 0.203. The molecule has 8 heteroatoms. The fourth-order valence-corrected chi connectivity index (χ4v) is 5.61. The molecule has 4 aromatic rings. The maximum atomic E-state index is 12.6. The minimum Gasteiger partial charge on any atom is -0.486 e. The van der Waals surface area contributed by atoms with Gasteiger partial charge >= 0.3 is 6.18 Å². The van der Waals surface area contributed by atoms with Crippen molar-refractivity contribution in [2.75, 3.05) is 45.2 Å². The normalized spacial score (nSPS) is 17.1. The van der Waals surface area contributed by atoms with Gasteiger partial charge in [-0.1, -0.05) is 60.7 Å². The SMILES string of the molecule is CN1CCN2c3ncccc3Cc3ccccc3C2C1.CNCCC(Oc1ccc(C(F)(F)F)cc1)c1ccccc1. The van der Waals surface area contributed by atoms with E-state index < -0.39 is 11.7 Å². The number of alkyl halides is 3. The van der Waals surface area contributed by atoms with Crippen molar-refractivity contribution in [2.45, 2.75) is 31.2 Å². The van der Waals surface area contributed by atoms with E-state index in [0.29, 0.717) is 11.8 Å². The molecule has 220 valence electrons. The smallest absolute Gasteiger partial charge is 0.416 e. The second-order valence-electron chi connectivity index (χ2n) is 10.8. The maximum Gasteiger partial charge on any atom is 0.416 e. The molecule has 0 aliphatic carbocycles. The van der Waals surface area contributed by atoms with Crippen LogP contribution in [-0.4, -0.2) is 50.2 Å². The third kappa shape index (κ3) is 7.12. The van der Waals surface area contributed by atoms with Crippen LogP contribution in [0.3, 0.4) is 0 Å². The molecule has 1 N–H and O–H groups in total. The van der Waals surface area contributed by atoms with E-state index >= 15 is 0 Å². The highest BCUT2D eigenvalue weighted by atomic mass is 19.4. The van der Waals surface area contributed by atoms with Crippen molar-refractivity contribution in [1.82, 2.24) is 15.2 Å². The van der Waals surface area contributed by atoms with Gasteiger partial charge in [0.2, 0.25) is 0 Å². The van der Waals surface area contributed by atoms with Crippen molar-refractivity contribution in [1.29, 1.82) is 0 Å². The number of rotatable bonds is 6. The van der Waals surface area contributed by atoms with E-state index in [1.807, 2.05) is 43.6 Å². The Morgan fingerprint density at radius 2 is 1.62 bits per heavy atom. The number of nitrogens with one attached hydrogen (secondary N) is 1. The molecule has 2 unspecified atom stereocenters. The third-order valence-corrected chi connectivity index (χ3v) is 7.81. The molecule has 0 saturated carbocycles. The predicted octanol–water partition coefficient (Wildman–Crippen LogP) is 6.91. The van der Waals surface area contributed by atoms with Crippen LogP contribution < -0.4 is 15.0 Å². The van der Waals surface area contributed by atoms with Crippen LogP contribution in [0.5, 0.6) is 5.75 Å². The van der Waals surface area contributed by atoms with Crippen LogP contribution >= 0.6 is 0 Å². The zero-order valence-corrected chi connectivity index (χ0v) is 24.0. The monoisotopic (exact) mass is 574 g/mol. The van der Waals surface area contributed by atoms with Gasteiger partial charge in [0.1, 0.15) is 17.7 Å². The average Bonchev–Trinajstić information content (AvgIpc) is 3.14. The van der Waals surface area contributed by atoms with Crippen molar-refractivity contribution in [3.05, 3.63) is 125 Å². The van der Waals surface area contributed by atoms with Gasteiger partial charge in [0.25, 0.3) is 0 Å². The lowest BCUT2D eigenvalue weighted by Crippen LogP contribution is -2.47. The lowest BCUT2D eigenvalue weighted by atomic mass is 9.96. The van der Waals surface area contributed by atoms with Crippen LogP contribution in [-0.2, 0) is 12.6 Å². The van der Waals surface area contributed by atoms with Gasteiger partial charge in [0.15, 0.2) is 0 Å². The first kappa shape index (κ1) is 29.6. The quantitative estimate of drug-likeness (QED) is 0.271. The summed E-state index contributed by atoms with van der Waals surface area (Å²) in [5.41, 5.74) is 4.59. The number of benzene rings is 3. The highest BCUT2D eigenvalue weighted by molar-refractivity contribution is 5.56. The van der Waals surface area contributed by atoms with Gasteiger partial charge in [-0.3, -0.25) is 0 Å². The molecule has 1 fully saturated rings. The molecule has 1 saturated heterocycles. The summed E-state index contributed by atoms with van der Waals surface area (Å²) in [7, 11) is 4.06. The molecule has 3 heterocycles. The van der Waals surface area contributed by atoms with Crippen LogP contribution in [0.2, 0.25) is 0 Å². The number of ether oxygens (including phenoxy) is 1. The van der Waals surface area contributed by atoms with Gasteiger partial charge in [-0.2, -0.15) is 13.2 Å². The molecule has 0 radical (unpaired) electrons. The van der Waals surface area contributed by atoms with Crippen LogP contribution in [0, 0.1) is 0 Å². The molecule has 0 bridgehead atoms. The Bertz CT molecular complexity index is 1430. The Morgan fingerprint density at radius 1 is 0.905 bits per heavy atom. The molecule has 6 rings (SSSR count). The van der Waals surface area contributed by atoms with Gasteiger partial charge in [-0.05, 0) is 73.2 Å². The number of likely N-dealkylation sites (N-methyl/N-ethyl adjacent to an activating group) is 1. The van der Waals surface area contributed by atoms with E-state index in [4.69, 9.17) is 4.74 Å². The highest BCUT2D eigenvalue weighted by Gasteiger charge is 2.33. The fourth-order valence-electron chi connectivity index (χ4n) is 5.61. The second-order valence-corrected chi connectivity index (χ2v) is 10.8. The first-order chi connectivity index (χ1) is 20.3. The number of pyridine rings is 1. The molecular formula is C34H37F3N4O. The molecule has 2 atom stereocenters. The Labute approximate surface area is 246 Å². The first-order valence-corrected chi connectivity index (χ1v) is 14.3. The van der Waals surface area contributed by atoms with Crippen molar-refractivity contribution in [2.24, 2.45) is 0 Å². The summed E-state index contributed by atoms with van der Waals surface area (Å²) in [4.78, 5) is 9.60. The number of nitrogens with zero attached hydrogens (tertiary/aromatic N) is 3. The van der Waals surface area contributed by atoms with E-state index in [0.717, 1.165) is 56.7 Å². The highest BCUT2D eigenvalue weighted by Crippen LogP contribution is 2.37. The molecule has 2 aliphatic rings. The summed E-state index contributed by atoms with van der Waals surface area (Å²) >= 11 is 0. The van der Waals surface area contributed by atoms with Crippen LogP contribution in [0.4, 0.5) is 19.0 Å². The van der Waals surface area contributed by atoms with Crippen LogP contribution in [0.15, 0.2) is 97.2 Å². The van der Waals surface area contributed by atoms with E-state index in [9.17, 15) is 13.2 Å². The van der Waals surface area contributed by atoms with E-state index in [1.165, 1.54) is 34.6 Å². The molecule has 1 aromatic heterocycles. The summed E-state index contributed by atoms with van der Waals surface area (Å²) in [6.07, 6.45) is -0.893. The molecule has 0 spiro atoms. The number of halogens is 3. The number of anilines is 1. The third-order valence-electron chi connectivity index (χ3n) is 7.81. The maximum absolute atomic E-state index is 12.6. The van der Waals surface area contributed by atoms with Gasteiger partial charge in [-0.25, -0.2) is 4.98 Å². The molecule has 42 heavy (non-hydrogen) atoms. The summed E-state index contributed by atoms with van der Waals surface area (Å²) in [6.45, 7) is 3.99. The van der Waals surface area contributed by atoms with Crippen molar-refractivity contribution < 1.29 is 17.9 Å². The summed E-state index contributed by atoms with van der Waals surface area (Å²) in [5, 5.41) is 3.05. The molecule has 2 aliphatic heterocycles. The Morgan fingerprint density at radius 3 is 2.36 bits per heavy atom. The van der Waals surface area contributed by atoms with E-state index in [-0.39, 0.29) is 6.10 Å². The number of hydrogen-bond acceptors (Lipinski definition) is 5. The first-order valence-electron chi connectivity index (χ1n) is 14.3. The zero-order chi connectivity index (χ0) is 29.5. The fraction of sp³-hybridized carbons (Fsp3) is 0.324. The zero-order valence-electron chi connectivity index (χ0n) is 24.0. The van der Waals surface area contributed by atoms with Gasteiger partial charge in [0.05, 0.1) is 11.6 Å². The van der Waals surface area contributed by atoms with Crippen LogP contribution in [0.25, 0.3) is 0 Å². The summed E-state index contributed by atoms with van der Waals surface area (Å²) in [5.74, 6) is 1.61. The number of aromatic nitrogens is 1. The molecular weight excluding hydrogens is 537 g/mol. The topological polar surface area (TPSA) is 40.6 Å². The van der Waals surface area contributed by atoms with Crippen molar-refractivity contribution in [3.8, 4) is 5.75 Å². The standard InChI is InChI=1S/C17H18F3NO.C17H19N3/c1-21-12-11-16(13-5-3-2-4-6-13)22-15-9-7-14(8-10-15)17(18,19)20;1-19-9-10-20-16(12-19)15-7-3-2-5-13(15)11-14-6-4-8-18-17(14)20/h2-10,16,21H,11-12H2,1H3;2-8,16H,9-12H2,1H3.